The van der Waals surface area contributed by atoms with E-state index in [1.165, 1.54) is 12.5 Å². The normalized spacial score (nSPS) is 19.1. The van der Waals surface area contributed by atoms with E-state index in [2.05, 4.69) is 40.4 Å². The number of imidazole rings is 1. The molecule has 3 aromatic rings. The maximum atomic E-state index is 13.1. The van der Waals surface area contributed by atoms with Crippen LogP contribution in [0, 0.1) is 12.8 Å². The molecule has 0 saturated carbocycles. The number of H-pyrrole nitrogens is 1. The standard InChI is InChI=1S/C22H27N5O2/c1-14-4-5-18-16(8-25-20(18)6-14)7-22(29)27-11-17(9-24-15(2)28)19(12-27)21-10-23-13-26(21)3/h4-6,8,10,13,17,19,25H,7,9,11-12H2,1-3H3,(H,24,28)/t17-,19-/m1/s1. The van der Waals surface area contributed by atoms with Crippen LogP contribution in [-0.4, -0.2) is 50.9 Å². The molecule has 1 aliphatic heterocycles. The van der Waals surface area contributed by atoms with Gasteiger partial charge >= 0.3 is 0 Å². The maximum absolute atomic E-state index is 13.1. The summed E-state index contributed by atoms with van der Waals surface area (Å²) in [6, 6.07) is 6.24. The van der Waals surface area contributed by atoms with E-state index in [4.69, 9.17) is 0 Å². The molecule has 2 N–H and O–H groups in total. The molecule has 7 heteroatoms. The van der Waals surface area contributed by atoms with Gasteiger partial charge in [-0.25, -0.2) is 4.98 Å². The van der Waals surface area contributed by atoms with Crippen LogP contribution in [0.15, 0.2) is 36.9 Å². The summed E-state index contributed by atoms with van der Waals surface area (Å²) in [4.78, 5) is 34.0. The van der Waals surface area contributed by atoms with Crippen molar-refractivity contribution in [2.45, 2.75) is 26.2 Å². The number of nitrogens with zero attached hydrogens (tertiary/aromatic N) is 3. The lowest BCUT2D eigenvalue weighted by atomic mass is 9.93. The first kappa shape index (κ1) is 19.2. The van der Waals surface area contributed by atoms with Gasteiger partial charge in [-0.05, 0) is 24.1 Å². The molecule has 1 aromatic carbocycles. The highest BCUT2D eigenvalue weighted by Gasteiger charge is 2.37. The Hall–Kier alpha value is -3.09. The monoisotopic (exact) mass is 393 g/mol. The molecular formula is C22H27N5O2. The number of likely N-dealkylation sites (tertiary alicyclic amines) is 1. The number of rotatable bonds is 5. The summed E-state index contributed by atoms with van der Waals surface area (Å²) < 4.78 is 2.00. The molecule has 0 spiro atoms. The molecular weight excluding hydrogens is 366 g/mol. The minimum absolute atomic E-state index is 0.0485. The molecule has 2 aromatic heterocycles. The number of nitrogens with one attached hydrogen (secondary N) is 2. The van der Waals surface area contributed by atoms with Gasteiger partial charge in [-0.2, -0.15) is 0 Å². The Kier molecular flexibility index (Phi) is 5.13. The molecule has 3 heterocycles. The van der Waals surface area contributed by atoms with E-state index < -0.39 is 0 Å². The topological polar surface area (TPSA) is 83.0 Å². The van der Waals surface area contributed by atoms with Crippen molar-refractivity contribution >= 4 is 22.7 Å². The van der Waals surface area contributed by atoms with Crippen molar-refractivity contribution in [3.63, 3.8) is 0 Å². The largest absolute Gasteiger partial charge is 0.361 e. The molecule has 1 fully saturated rings. The Balaban J connectivity index is 1.52. The number of hydrogen-bond acceptors (Lipinski definition) is 3. The number of hydrogen-bond donors (Lipinski definition) is 2. The number of carbonyl (C=O) groups is 2. The first-order valence-electron chi connectivity index (χ1n) is 9.97. The van der Waals surface area contributed by atoms with Crippen molar-refractivity contribution < 1.29 is 9.59 Å². The average molecular weight is 393 g/mol. The van der Waals surface area contributed by atoms with Crippen molar-refractivity contribution in [1.82, 2.24) is 24.8 Å². The molecule has 1 aliphatic rings. The second-order valence-corrected chi connectivity index (χ2v) is 8.07. The Morgan fingerprint density at radius 1 is 1.31 bits per heavy atom. The number of fused-ring (bicyclic) bond motifs is 1. The van der Waals surface area contributed by atoms with E-state index in [1.54, 1.807) is 6.33 Å². The third-order valence-corrected chi connectivity index (χ3v) is 5.91. The van der Waals surface area contributed by atoms with Gasteiger partial charge in [-0.3, -0.25) is 9.59 Å². The fourth-order valence-corrected chi connectivity index (χ4v) is 4.34. The lowest BCUT2D eigenvalue weighted by molar-refractivity contribution is -0.129. The van der Waals surface area contributed by atoms with Crippen LogP contribution in [0.5, 0.6) is 0 Å². The van der Waals surface area contributed by atoms with Gasteiger partial charge < -0.3 is 19.8 Å². The molecule has 2 atom stereocenters. The van der Waals surface area contributed by atoms with Gasteiger partial charge in [0.25, 0.3) is 0 Å². The van der Waals surface area contributed by atoms with Crippen LogP contribution in [0.2, 0.25) is 0 Å². The average Bonchev–Trinajstić information content (AvgIpc) is 3.38. The third kappa shape index (κ3) is 3.90. The van der Waals surface area contributed by atoms with Crippen molar-refractivity contribution in [2.75, 3.05) is 19.6 Å². The van der Waals surface area contributed by atoms with Crippen LogP contribution in [-0.2, 0) is 23.1 Å². The van der Waals surface area contributed by atoms with Gasteiger partial charge in [0.15, 0.2) is 0 Å². The molecule has 7 nitrogen and oxygen atoms in total. The molecule has 152 valence electrons. The van der Waals surface area contributed by atoms with E-state index in [-0.39, 0.29) is 23.7 Å². The fourth-order valence-electron chi connectivity index (χ4n) is 4.34. The predicted molar refractivity (Wildman–Crippen MR) is 111 cm³/mol. The summed E-state index contributed by atoms with van der Waals surface area (Å²) in [5.41, 5.74) is 4.37. The van der Waals surface area contributed by atoms with Crippen LogP contribution < -0.4 is 5.32 Å². The molecule has 1 saturated heterocycles. The quantitative estimate of drug-likeness (QED) is 0.697. The number of aryl methyl sites for hydroxylation is 2. The van der Waals surface area contributed by atoms with Crippen molar-refractivity contribution in [3.05, 3.63) is 53.7 Å². The minimum Gasteiger partial charge on any atom is -0.361 e. The highest BCUT2D eigenvalue weighted by molar-refractivity contribution is 5.89. The molecule has 0 unspecified atom stereocenters. The van der Waals surface area contributed by atoms with Crippen LogP contribution in [0.3, 0.4) is 0 Å². The van der Waals surface area contributed by atoms with Gasteiger partial charge in [0, 0.05) is 74.4 Å². The van der Waals surface area contributed by atoms with Gasteiger partial charge in [0.2, 0.25) is 11.8 Å². The van der Waals surface area contributed by atoms with Gasteiger partial charge in [0.1, 0.15) is 0 Å². The van der Waals surface area contributed by atoms with E-state index in [0.717, 1.165) is 22.2 Å². The lowest BCUT2D eigenvalue weighted by Crippen LogP contribution is -2.33. The first-order chi connectivity index (χ1) is 13.9. The van der Waals surface area contributed by atoms with Gasteiger partial charge in [-0.1, -0.05) is 12.1 Å². The van der Waals surface area contributed by atoms with Crippen LogP contribution in [0.1, 0.15) is 29.7 Å². The number of benzene rings is 1. The Labute approximate surface area is 170 Å². The smallest absolute Gasteiger partial charge is 0.227 e. The Morgan fingerprint density at radius 3 is 2.86 bits per heavy atom. The summed E-state index contributed by atoms with van der Waals surface area (Å²) in [6.45, 7) is 5.42. The Bertz CT molecular complexity index is 1050. The summed E-state index contributed by atoms with van der Waals surface area (Å²) in [5.74, 6) is 0.393. The van der Waals surface area contributed by atoms with Crippen LogP contribution >= 0.6 is 0 Å². The Morgan fingerprint density at radius 2 is 2.14 bits per heavy atom. The SMILES string of the molecule is CC(=O)NC[C@@H]1CN(C(=O)Cc2c[nH]c3cc(C)ccc23)C[C@H]1c1cncn1C. The van der Waals surface area contributed by atoms with Gasteiger partial charge in [0.05, 0.1) is 12.7 Å². The van der Waals surface area contributed by atoms with Gasteiger partial charge in [-0.15, -0.1) is 0 Å². The van der Waals surface area contributed by atoms with Crippen LogP contribution in [0.4, 0.5) is 0 Å². The lowest BCUT2D eigenvalue weighted by Gasteiger charge is -2.18. The summed E-state index contributed by atoms with van der Waals surface area (Å²) in [7, 11) is 1.97. The predicted octanol–water partition coefficient (Wildman–Crippen LogP) is 2.13. The third-order valence-electron chi connectivity index (χ3n) is 5.91. The number of amides is 2. The summed E-state index contributed by atoms with van der Waals surface area (Å²) in [5, 5.41) is 4.02. The van der Waals surface area contributed by atoms with E-state index >= 15 is 0 Å². The second kappa shape index (κ2) is 7.73. The molecule has 2 amide bonds. The zero-order chi connectivity index (χ0) is 20.5. The van der Waals surface area contributed by atoms with E-state index in [9.17, 15) is 9.59 Å². The number of aromatic nitrogens is 3. The van der Waals surface area contributed by atoms with Crippen molar-refractivity contribution in [2.24, 2.45) is 13.0 Å². The number of carbonyl (C=O) groups excluding carboxylic acids is 2. The van der Waals surface area contributed by atoms with Crippen molar-refractivity contribution in [3.8, 4) is 0 Å². The minimum atomic E-state index is -0.0485. The highest BCUT2D eigenvalue weighted by atomic mass is 16.2. The maximum Gasteiger partial charge on any atom is 0.227 e. The van der Waals surface area contributed by atoms with E-state index in [0.29, 0.717) is 26.1 Å². The summed E-state index contributed by atoms with van der Waals surface area (Å²) >= 11 is 0. The second-order valence-electron chi connectivity index (χ2n) is 8.07. The summed E-state index contributed by atoms with van der Waals surface area (Å²) in [6.07, 6.45) is 5.95. The first-order valence-corrected chi connectivity index (χ1v) is 9.97. The zero-order valence-corrected chi connectivity index (χ0v) is 17.1. The van der Waals surface area contributed by atoms with Crippen LogP contribution in [0.25, 0.3) is 10.9 Å². The molecule has 0 radical (unpaired) electrons. The van der Waals surface area contributed by atoms with E-state index in [1.807, 2.05) is 28.9 Å². The number of aromatic amines is 1. The molecule has 0 bridgehead atoms. The fraction of sp³-hybridized carbons (Fsp3) is 0.409. The molecule has 4 rings (SSSR count). The molecule has 29 heavy (non-hydrogen) atoms. The zero-order valence-electron chi connectivity index (χ0n) is 17.1. The van der Waals surface area contributed by atoms with Crippen molar-refractivity contribution in [1.29, 1.82) is 0 Å². The molecule has 0 aliphatic carbocycles. The highest BCUT2D eigenvalue weighted by Crippen LogP contribution is 2.32.